The SMILES string of the molecule is CCOc1ccccc1CNc1ccc(Br)c(OC)c1. The van der Waals surface area contributed by atoms with Crippen molar-refractivity contribution >= 4 is 21.6 Å². The van der Waals surface area contributed by atoms with Gasteiger partial charge in [-0.15, -0.1) is 0 Å². The molecule has 0 aliphatic heterocycles. The van der Waals surface area contributed by atoms with Gasteiger partial charge in [-0.1, -0.05) is 18.2 Å². The molecular weight excluding hydrogens is 318 g/mol. The lowest BCUT2D eigenvalue weighted by Gasteiger charge is -2.12. The molecule has 20 heavy (non-hydrogen) atoms. The summed E-state index contributed by atoms with van der Waals surface area (Å²) < 4.78 is 11.9. The van der Waals surface area contributed by atoms with Crippen molar-refractivity contribution in [1.29, 1.82) is 0 Å². The molecule has 0 aliphatic rings. The van der Waals surface area contributed by atoms with Crippen LogP contribution < -0.4 is 14.8 Å². The van der Waals surface area contributed by atoms with Gasteiger partial charge in [-0.05, 0) is 41.1 Å². The van der Waals surface area contributed by atoms with Crippen molar-refractivity contribution in [3.05, 3.63) is 52.5 Å². The normalized spacial score (nSPS) is 10.2. The first kappa shape index (κ1) is 14.7. The van der Waals surface area contributed by atoms with E-state index in [1.807, 2.05) is 43.3 Å². The number of hydrogen-bond acceptors (Lipinski definition) is 3. The van der Waals surface area contributed by atoms with Crippen LogP contribution in [-0.2, 0) is 6.54 Å². The van der Waals surface area contributed by atoms with Crippen molar-refractivity contribution in [2.45, 2.75) is 13.5 Å². The third-order valence-corrected chi connectivity index (χ3v) is 3.56. The Morgan fingerprint density at radius 3 is 2.65 bits per heavy atom. The number of benzene rings is 2. The summed E-state index contributed by atoms with van der Waals surface area (Å²) in [7, 11) is 1.66. The third-order valence-electron chi connectivity index (χ3n) is 2.91. The van der Waals surface area contributed by atoms with Gasteiger partial charge in [0.25, 0.3) is 0 Å². The van der Waals surface area contributed by atoms with Gasteiger partial charge in [0.1, 0.15) is 11.5 Å². The minimum atomic E-state index is 0.670. The largest absolute Gasteiger partial charge is 0.495 e. The number of methoxy groups -OCH3 is 1. The van der Waals surface area contributed by atoms with E-state index < -0.39 is 0 Å². The van der Waals surface area contributed by atoms with Crippen LogP contribution in [0, 0.1) is 0 Å². The summed E-state index contributed by atoms with van der Waals surface area (Å²) >= 11 is 3.45. The van der Waals surface area contributed by atoms with E-state index in [2.05, 4.69) is 27.3 Å². The molecule has 4 heteroatoms. The molecule has 3 nitrogen and oxygen atoms in total. The van der Waals surface area contributed by atoms with Crippen LogP contribution in [-0.4, -0.2) is 13.7 Å². The van der Waals surface area contributed by atoms with Crippen LogP contribution in [0.15, 0.2) is 46.9 Å². The van der Waals surface area contributed by atoms with Gasteiger partial charge >= 0.3 is 0 Å². The summed E-state index contributed by atoms with van der Waals surface area (Å²) in [6.07, 6.45) is 0. The highest BCUT2D eigenvalue weighted by Crippen LogP contribution is 2.28. The van der Waals surface area contributed by atoms with E-state index in [0.29, 0.717) is 13.2 Å². The fourth-order valence-electron chi connectivity index (χ4n) is 1.91. The predicted octanol–water partition coefficient (Wildman–Crippen LogP) is 4.47. The lowest BCUT2D eigenvalue weighted by molar-refractivity contribution is 0.337. The van der Waals surface area contributed by atoms with Crippen molar-refractivity contribution in [3.63, 3.8) is 0 Å². The highest BCUT2D eigenvalue weighted by atomic mass is 79.9. The number of halogens is 1. The van der Waals surface area contributed by atoms with Crippen molar-refractivity contribution in [2.75, 3.05) is 19.0 Å². The molecule has 0 radical (unpaired) electrons. The minimum absolute atomic E-state index is 0.670. The molecule has 1 N–H and O–H groups in total. The van der Waals surface area contributed by atoms with Gasteiger partial charge in [-0.2, -0.15) is 0 Å². The van der Waals surface area contributed by atoms with Crippen molar-refractivity contribution in [1.82, 2.24) is 0 Å². The quantitative estimate of drug-likeness (QED) is 0.844. The summed E-state index contributed by atoms with van der Waals surface area (Å²) in [5.41, 5.74) is 2.15. The molecule has 0 aliphatic carbocycles. The zero-order valence-corrected chi connectivity index (χ0v) is 13.2. The van der Waals surface area contributed by atoms with E-state index >= 15 is 0 Å². The Morgan fingerprint density at radius 2 is 1.90 bits per heavy atom. The standard InChI is InChI=1S/C16H18BrNO2/c1-3-20-15-7-5-4-6-12(15)11-18-13-8-9-14(17)16(10-13)19-2/h4-10,18H,3,11H2,1-2H3. The first-order valence-corrected chi connectivity index (χ1v) is 7.32. The van der Waals surface area contributed by atoms with Crippen LogP contribution in [0.4, 0.5) is 5.69 Å². The van der Waals surface area contributed by atoms with Gasteiger partial charge in [-0.25, -0.2) is 0 Å². The van der Waals surface area contributed by atoms with Gasteiger partial charge in [0.05, 0.1) is 18.2 Å². The molecule has 0 aromatic heterocycles. The van der Waals surface area contributed by atoms with E-state index in [-0.39, 0.29) is 0 Å². The van der Waals surface area contributed by atoms with Crippen molar-refractivity contribution < 1.29 is 9.47 Å². The first-order chi connectivity index (χ1) is 9.74. The molecule has 0 amide bonds. The summed E-state index contributed by atoms with van der Waals surface area (Å²) in [6, 6.07) is 14.0. The number of rotatable bonds is 6. The Balaban J connectivity index is 2.09. The van der Waals surface area contributed by atoms with Gasteiger partial charge in [0, 0.05) is 23.9 Å². The number of anilines is 1. The molecule has 0 spiro atoms. The summed E-state index contributed by atoms with van der Waals surface area (Å²) in [4.78, 5) is 0. The monoisotopic (exact) mass is 335 g/mol. The second-order valence-electron chi connectivity index (χ2n) is 4.24. The Morgan fingerprint density at radius 1 is 1.10 bits per heavy atom. The van der Waals surface area contributed by atoms with E-state index in [0.717, 1.165) is 27.2 Å². The molecule has 0 saturated heterocycles. The molecule has 0 atom stereocenters. The van der Waals surface area contributed by atoms with Crippen LogP contribution in [0.5, 0.6) is 11.5 Å². The second-order valence-corrected chi connectivity index (χ2v) is 5.10. The van der Waals surface area contributed by atoms with Crippen LogP contribution in [0.3, 0.4) is 0 Å². The number of hydrogen-bond donors (Lipinski definition) is 1. The third kappa shape index (κ3) is 3.67. The highest BCUT2D eigenvalue weighted by molar-refractivity contribution is 9.10. The average Bonchev–Trinajstić information content (AvgIpc) is 2.48. The van der Waals surface area contributed by atoms with Gasteiger partial charge in [0.2, 0.25) is 0 Å². The van der Waals surface area contributed by atoms with Gasteiger partial charge < -0.3 is 14.8 Å². The molecule has 0 bridgehead atoms. The second kappa shape index (κ2) is 7.20. The molecule has 106 valence electrons. The summed E-state index contributed by atoms with van der Waals surface area (Å²) in [5.74, 6) is 1.74. The van der Waals surface area contributed by atoms with Crippen LogP contribution in [0.2, 0.25) is 0 Å². The Kier molecular flexibility index (Phi) is 5.30. The van der Waals surface area contributed by atoms with Gasteiger partial charge in [-0.3, -0.25) is 0 Å². The molecule has 0 unspecified atom stereocenters. The molecule has 2 aromatic rings. The predicted molar refractivity (Wildman–Crippen MR) is 85.6 cm³/mol. The van der Waals surface area contributed by atoms with Crippen LogP contribution >= 0.6 is 15.9 Å². The molecule has 0 heterocycles. The van der Waals surface area contributed by atoms with E-state index in [9.17, 15) is 0 Å². The Bertz CT molecular complexity index is 572. The number of ether oxygens (including phenoxy) is 2. The fraction of sp³-hybridized carbons (Fsp3) is 0.250. The maximum atomic E-state index is 5.62. The summed E-state index contributed by atoms with van der Waals surface area (Å²) in [5, 5.41) is 3.38. The molecule has 2 rings (SSSR count). The fourth-order valence-corrected chi connectivity index (χ4v) is 2.32. The zero-order chi connectivity index (χ0) is 14.4. The lowest BCUT2D eigenvalue weighted by Crippen LogP contribution is -2.03. The van der Waals surface area contributed by atoms with Crippen molar-refractivity contribution in [3.8, 4) is 11.5 Å². The maximum absolute atomic E-state index is 5.62. The van der Waals surface area contributed by atoms with Crippen molar-refractivity contribution in [2.24, 2.45) is 0 Å². The molecule has 2 aromatic carbocycles. The van der Waals surface area contributed by atoms with Gasteiger partial charge in [0.15, 0.2) is 0 Å². The Hall–Kier alpha value is -1.68. The maximum Gasteiger partial charge on any atom is 0.135 e. The lowest BCUT2D eigenvalue weighted by atomic mass is 10.2. The molecular formula is C16H18BrNO2. The number of para-hydroxylation sites is 1. The molecule has 0 fully saturated rings. The highest BCUT2D eigenvalue weighted by Gasteiger charge is 2.04. The van der Waals surface area contributed by atoms with Crippen LogP contribution in [0.25, 0.3) is 0 Å². The molecule has 0 saturated carbocycles. The van der Waals surface area contributed by atoms with E-state index in [1.165, 1.54) is 0 Å². The first-order valence-electron chi connectivity index (χ1n) is 6.52. The van der Waals surface area contributed by atoms with E-state index in [1.54, 1.807) is 7.11 Å². The topological polar surface area (TPSA) is 30.5 Å². The zero-order valence-electron chi connectivity index (χ0n) is 11.7. The van der Waals surface area contributed by atoms with E-state index in [4.69, 9.17) is 9.47 Å². The Labute approximate surface area is 128 Å². The summed E-state index contributed by atoms with van der Waals surface area (Å²) in [6.45, 7) is 3.37. The smallest absolute Gasteiger partial charge is 0.135 e. The average molecular weight is 336 g/mol. The minimum Gasteiger partial charge on any atom is -0.495 e. The van der Waals surface area contributed by atoms with Crippen LogP contribution in [0.1, 0.15) is 12.5 Å². The number of nitrogens with one attached hydrogen (secondary N) is 1.